The molecule has 0 saturated heterocycles. The highest BCUT2D eigenvalue weighted by Crippen LogP contribution is 2.36. The molecule has 0 aliphatic heterocycles. The molecule has 0 aromatic carbocycles. The number of hydrogen-bond donors (Lipinski definition) is 3. The van der Waals surface area contributed by atoms with E-state index in [1.54, 1.807) is 0 Å². The Balaban J connectivity index is 2.19. The standard InChI is InChI=1S/C12H22N2O3/c1-12(2)7-3-5-9(12)14-11(17)13-8-4-6-10(15)16/h9H,3-8H2,1-2H3,(H,15,16)(H2,13,14,17). The van der Waals surface area contributed by atoms with E-state index >= 15 is 0 Å². The average molecular weight is 242 g/mol. The van der Waals surface area contributed by atoms with Crippen LogP contribution in [-0.2, 0) is 4.79 Å². The minimum Gasteiger partial charge on any atom is -0.481 e. The zero-order valence-electron chi connectivity index (χ0n) is 10.6. The smallest absolute Gasteiger partial charge is 0.315 e. The molecular formula is C12H22N2O3. The maximum atomic E-state index is 11.6. The summed E-state index contributed by atoms with van der Waals surface area (Å²) in [7, 11) is 0. The molecule has 3 N–H and O–H groups in total. The second-order valence-electron chi connectivity index (χ2n) is 5.33. The summed E-state index contributed by atoms with van der Waals surface area (Å²) < 4.78 is 0. The van der Waals surface area contributed by atoms with E-state index in [0.29, 0.717) is 13.0 Å². The third-order valence-corrected chi connectivity index (χ3v) is 3.42. The van der Waals surface area contributed by atoms with Crippen LogP contribution in [0.25, 0.3) is 0 Å². The van der Waals surface area contributed by atoms with Crippen molar-refractivity contribution in [2.75, 3.05) is 6.54 Å². The van der Waals surface area contributed by atoms with E-state index < -0.39 is 5.97 Å². The Labute approximate surface area is 102 Å². The van der Waals surface area contributed by atoms with Crippen LogP contribution in [0, 0.1) is 5.41 Å². The van der Waals surface area contributed by atoms with E-state index in [1.165, 1.54) is 0 Å². The summed E-state index contributed by atoms with van der Waals surface area (Å²) in [6.45, 7) is 4.73. The van der Waals surface area contributed by atoms with Crippen molar-refractivity contribution in [3.05, 3.63) is 0 Å². The Morgan fingerprint density at radius 3 is 2.65 bits per heavy atom. The van der Waals surface area contributed by atoms with Gasteiger partial charge in [-0.15, -0.1) is 0 Å². The van der Waals surface area contributed by atoms with Gasteiger partial charge in [0.25, 0.3) is 0 Å². The molecule has 98 valence electrons. The van der Waals surface area contributed by atoms with Crippen LogP contribution >= 0.6 is 0 Å². The van der Waals surface area contributed by atoms with Gasteiger partial charge in [0.1, 0.15) is 0 Å². The maximum absolute atomic E-state index is 11.6. The second kappa shape index (κ2) is 5.89. The number of carbonyl (C=O) groups is 2. The molecule has 1 unspecified atom stereocenters. The first-order valence-electron chi connectivity index (χ1n) is 6.18. The van der Waals surface area contributed by atoms with Crippen molar-refractivity contribution in [3.8, 4) is 0 Å². The Morgan fingerprint density at radius 1 is 1.41 bits per heavy atom. The van der Waals surface area contributed by atoms with Crippen molar-refractivity contribution in [2.45, 2.75) is 52.0 Å². The summed E-state index contributed by atoms with van der Waals surface area (Å²) >= 11 is 0. The molecule has 1 fully saturated rings. The molecule has 0 heterocycles. The normalized spacial score (nSPS) is 22.1. The first kappa shape index (κ1) is 13.8. The van der Waals surface area contributed by atoms with Crippen LogP contribution < -0.4 is 10.6 Å². The largest absolute Gasteiger partial charge is 0.481 e. The van der Waals surface area contributed by atoms with E-state index in [9.17, 15) is 9.59 Å². The SMILES string of the molecule is CC1(C)CCCC1NC(=O)NCCCC(=O)O. The minimum atomic E-state index is -0.830. The zero-order valence-corrected chi connectivity index (χ0v) is 10.6. The quantitative estimate of drug-likeness (QED) is 0.642. The van der Waals surface area contributed by atoms with Crippen molar-refractivity contribution in [3.63, 3.8) is 0 Å². The summed E-state index contributed by atoms with van der Waals surface area (Å²) in [5.41, 5.74) is 0.165. The van der Waals surface area contributed by atoms with Crippen LogP contribution in [-0.4, -0.2) is 29.7 Å². The lowest BCUT2D eigenvalue weighted by Crippen LogP contribution is -2.46. The number of urea groups is 1. The van der Waals surface area contributed by atoms with Gasteiger partial charge in [-0.25, -0.2) is 4.79 Å². The zero-order chi connectivity index (χ0) is 12.9. The summed E-state index contributed by atoms with van der Waals surface area (Å²) in [5, 5.41) is 14.1. The van der Waals surface area contributed by atoms with E-state index in [0.717, 1.165) is 19.3 Å². The molecule has 1 saturated carbocycles. The van der Waals surface area contributed by atoms with Crippen LogP contribution in [0.1, 0.15) is 46.0 Å². The first-order chi connectivity index (χ1) is 7.92. The van der Waals surface area contributed by atoms with Crippen molar-refractivity contribution in [1.82, 2.24) is 10.6 Å². The summed E-state index contributed by atoms with van der Waals surface area (Å²) in [6, 6.07) is 0.0392. The van der Waals surface area contributed by atoms with Gasteiger partial charge in [-0.2, -0.15) is 0 Å². The summed E-state index contributed by atoms with van der Waals surface area (Å²) in [4.78, 5) is 21.8. The lowest BCUT2D eigenvalue weighted by atomic mass is 9.87. The fraction of sp³-hybridized carbons (Fsp3) is 0.833. The summed E-state index contributed by atoms with van der Waals surface area (Å²) in [6.07, 6.45) is 3.87. The monoisotopic (exact) mass is 242 g/mol. The molecule has 0 bridgehead atoms. The van der Waals surface area contributed by atoms with Crippen molar-refractivity contribution < 1.29 is 14.7 Å². The van der Waals surface area contributed by atoms with Gasteiger partial charge in [0.05, 0.1) is 0 Å². The lowest BCUT2D eigenvalue weighted by Gasteiger charge is -2.27. The molecule has 1 atom stereocenters. The molecule has 17 heavy (non-hydrogen) atoms. The molecule has 5 heteroatoms. The molecule has 0 radical (unpaired) electrons. The minimum absolute atomic E-state index is 0.0925. The number of amides is 2. The predicted octanol–water partition coefficient (Wildman–Crippen LogP) is 1.73. The van der Waals surface area contributed by atoms with Gasteiger partial charge in [0.15, 0.2) is 0 Å². The molecule has 5 nitrogen and oxygen atoms in total. The number of carbonyl (C=O) groups excluding carboxylic acids is 1. The van der Waals surface area contributed by atoms with Crippen molar-refractivity contribution in [2.24, 2.45) is 5.41 Å². The van der Waals surface area contributed by atoms with E-state index in [4.69, 9.17) is 5.11 Å². The lowest BCUT2D eigenvalue weighted by molar-refractivity contribution is -0.137. The molecule has 0 spiro atoms. The van der Waals surface area contributed by atoms with Gasteiger partial charge in [-0.05, 0) is 24.7 Å². The van der Waals surface area contributed by atoms with E-state index in [-0.39, 0.29) is 23.9 Å². The molecule has 0 aromatic rings. The number of carboxylic acid groups (broad SMARTS) is 1. The third-order valence-electron chi connectivity index (χ3n) is 3.42. The van der Waals surface area contributed by atoms with Gasteiger partial charge in [-0.3, -0.25) is 4.79 Å². The molecular weight excluding hydrogens is 220 g/mol. The third kappa shape index (κ3) is 4.63. The second-order valence-corrected chi connectivity index (χ2v) is 5.33. The highest BCUT2D eigenvalue weighted by atomic mass is 16.4. The van der Waals surface area contributed by atoms with Crippen LogP contribution in [0.15, 0.2) is 0 Å². The predicted molar refractivity (Wildman–Crippen MR) is 64.8 cm³/mol. The highest BCUT2D eigenvalue weighted by Gasteiger charge is 2.35. The fourth-order valence-electron chi connectivity index (χ4n) is 2.25. The van der Waals surface area contributed by atoms with Crippen LogP contribution in [0.2, 0.25) is 0 Å². The van der Waals surface area contributed by atoms with Gasteiger partial charge in [0, 0.05) is 19.0 Å². The number of aliphatic carboxylic acids is 1. The molecule has 1 aliphatic carbocycles. The molecule has 1 aliphatic rings. The Bertz CT molecular complexity index is 289. The average Bonchev–Trinajstić information content (AvgIpc) is 2.53. The fourth-order valence-corrected chi connectivity index (χ4v) is 2.25. The van der Waals surface area contributed by atoms with Crippen LogP contribution in [0.3, 0.4) is 0 Å². The highest BCUT2D eigenvalue weighted by molar-refractivity contribution is 5.74. The van der Waals surface area contributed by atoms with Gasteiger partial charge in [0.2, 0.25) is 0 Å². The van der Waals surface area contributed by atoms with E-state index in [2.05, 4.69) is 24.5 Å². The van der Waals surface area contributed by atoms with Gasteiger partial charge < -0.3 is 15.7 Å². The van der Waals surface area contributed by atoms with E-state index in [1.807, 2.05) is 0 Å². The van der Waals surface area contributed by atoms with Crippen molar-refractivity contribution in [1.29, 1.82) is 0 Å². The number of hydrogen-bond acceptors (Lipinski definition) is 2. The van der Waals surface area contributed by atoms with Gasteiger partial charge >= 0.3 is 12.0 Å². The van der Waals surface area contributed by atoms with Crippen LogP contribution in [0.5, 0.6) is 0 Å². The topological polar surface area (TPSA) is 78.4 Å². The molecule has 1 rings (SSSR count). The Kier molecular flexibility index (Phi) is 4.78. The number of nitrogens with one attached hydrogen (secondary N) is 2. The number of rotatable bonds is 5. The Hall–Kier alpha value is -1.26. The molecule has 2 amide bonds. The number of carboxylic acids is 1. The molecule has 0 aromatic heterocycles. The summed E-state index contributed by atoms with van der Waals surface area (Å²) in [5.74, 6) is -0.830. The maximum Gasteiger partial charge on any atom is 0.315 e. The van der Waals surface area contributed by atoms with Crippen molar-refractivity contribution >= 4 is 12.0 Å². The Morgan fingerprint density at radius 2 is 2.12 bits per heavy atom. The van der Waals surface area contributed by atoms with Gasteiger partial charge in [-0.1, -0.05) is 20.3 Å². The van der Waals surface area contributed by atoms with Crippen LogP contribution in [0.4, 0.5) is 4.79 Å². The first-order valence-corrected chi connectivity index (χ1v) is 6.18.